The molecule has 5 heteroatoms. The third-order valence-corrected chi connectivity index (χ3v) is 2.34. The fraction of sp³-hybridized carbons (Fsp3) is 0. The number of nitrogen functional groups attached to an aromatic ring is 1. The Balaban J connectivity index is 2.32. The first kappa shape index (κ1) is 8.05. The predicted octanol–water partition coefficient (Wildman–Crippen LogP) is 1.54. The first-order chi connectivity index (χ1) is 7.34. The molecule has 0 amide bonds. The lowest BCUT2D eigenvalue weighted by Gasteiger charge is -1.94. The zero-order valence-corrected chi connectivity index (χ0v) is 7.86. The summed E-state index contributed by atoms with van der Waals surface area (Å²) in [5.74, 6) is 0. The molecule has 3 rings (SSSR count). The molecule has 0 aliphatic rings. The number of nitrogens with two attached hydrogens (primary N) is 1. The van der Waals surface area contributed by atoms with Gasteiger partial charge in [0.05, 0.1) is 11.2 Å². The van der Waals surface area contributed by atoms with Gasteiger partial charge < -0.3 is 5.73 Å². The molecule has 2 heterocycles. The zero-order chi connectivity index (χ0) is 10.3. The van der Waals surface area contributed by atoms with Crippen LogP contribution in [-0.2, 0) is 0 Å². The van der Waals surface area contributed by atoms with Gasteiger partial charge in [0.15, 0.2) is 0 Å². The Morgan fingerprint density at radius 3 is 2.87 bits per heavy atom. The molecule has 15 heavy (non-hydrogen) atoms. The molecule has 0 fully saturated rings. The molecule has 0 aliphatic carbocycles. The van der Waals surface area contributed by atoms with Crippen LogP contribution in [0.2, 0.25) is 0 Å². The molecule has 0 aliphatic heterocycles. The van der Waals surface area contributed by atoms with Gasteiger partial charge in [0, 0.05) is 17.3 Å². The summed E-state index contributed by atoms with van der Waals surface area (Å²) in [6.07, 6.45) is 1.70. The number of benzene rings is 1. The summed E-state index contributed by atoms with van der Waals surface area (Å²) in [5.41, 5.74) is 9.15. The predicted molar refractivity (Wildman–Crippen MR) is 58.1 cm³/mol. The van der Waals surface area contributed by atoms with Crippen LogP contribution in [0.1, 0.15) is 0 Å². The Morgan fingerprint density at radius 2 is 2.07 bits per heavy atom. The van der Waals surface area contributed by atoms with Crippen LogP contribution >= 0.6 is 0 Å². The van der Waals surface area contributed by atoms with Crippen molar-refractivity contribution >= 4 is 16.6 Å². The average Bonchev–Trinajstić information content (AvgIpc) is 2.83. The molecule has 0 spiro atoms. The lowest BCUT2D eigenvalue weighted by atomic mass is 10.1. The first-order valence-corrected chi connectivity index (χ1v) is 4.58. The van der Waals surface area contributed by atoms with E-state index in [1.807, 2.05) is 24.3 Å². The molecule has 1 aromatic carbocycles. The van der Waals surface area contributed by atoms with Gasteiger partial charge in [0.1, 0.15) is 5.69 Å². The Kier molecular flexibility index (Phi) is 1.53. The van der Waals surface area contributed by atoms with Crippen molar-refractivity contribution in [1.82, 2.24) is 20.4 Å². The minimum absolute atomic E-state index is 0.727. The third kappa shape index (κ3) is 1.17. The molecule has 3 aromatic rings. The number of fused-ring (bicyclic) bond motifs is 1. The zero-order valence-electron chi connectivity index (χ0n) is 7.86. The molecule has 74 valence electrons. The fourth-order valence-electron chi connectivity index (χ4n) is 1.62. The quantitative estimate of drug-likeness (QED) is 0.520. The molecular weight excluding hydrogens is 190 g/mol. The molecule has 2 aromatic heterocycles. The smallest absolute Gasteiger partial charge is 0.118 e. The maximum absolute atomic E-state index is 5.74. The minimum atomic E-state index is 0.727. The number of H-pyrrole nitrogens is 2. The monoisotopic (exact) mass is 199 g/mol. The highest BCUT2D eigenvalue weighted by Crippen LogP contribution is 2.25. The van der Waals surface area contributed by atoms with E-state index in [4.69, 9.17) is 5.73 Å². The van der Waals surface area contributed by atoms with Crippen LogP contribution in [0.25, 0.3) is 22.3 Å². The highest BCUT2D eigenvalue weighted by molar-refractivity contribution is 5.93. The molecule has 0 atom stereocenters. The van der Waals surface area contributed by atoms with E-state index in [1.165, 1.54) is 0 Å². The van der Waals surface area contributed by atoms with Crippen LogP contribution in [0, 0.1) is 0 Å². The van der Waals surface area contributed by atoms with Crippen LogP contribution in [0.5, 0.6) is 0 Å². The number of aromatic nitrogens is 4. The van der Waals surface area contributed by atoms with E-state index < -0.39 is 0 Å². The number of anilines is 1. The summed E-state index contributed by atoms with van der Waals surface area (Å²) >= 11 is 0. The van der Waals surface area contributed by atoms with Gasteiger partial charge in [-0.15, -0.1) is 0 Å². The normalized spacial score (nSPS) is 10.9. The van der Waals surface area contributed by atoms with Crippen LogP contribution in [0.4, 0.5) is 5.69 Å². The SMILES string of the molecule is Nc1ccc2[nH]nc(-c3ccn[nH]3)c2c1. The lowest BCUT2D eigenvalue weighted by molar-refractivity contribution is 1.07. The van der Waals surface area contributed by atoms with E-state index in [9.17, 15) is 0 Å². The van der Waals surface area contributed by atoms with E-state index in [2.05, 4.69) is 20.4 Å². The number of nitrogens with zero attached hydrogens (tertiary/aromatic N) is 2. The Hall–Kier alpha value is -2.30. The molecule has 4 N–H and O–H groups in total. The minimum Gasteiger partial charge on any atom is -0.399 e. The van der Waals surface area contributed by atoms with Crippen molar-refractivity contribution in [2.75, 3.05) is 5.73 Å². The Morgan fingerprint density at radius 1 is 1.13 bits per heavy atom. The Bertz CT molecular complexity index is 593. The second kappa shape index (κ2) is 2.84. The van der Waals surface area contributed by atoms with E-state index in [1.54, 1.807) is 6.20 Å². The van der Waals surface area contributed by atoms with Gasteiger partial charge >= 0.3 is 0 Å². The molecule has 0 saturated carbocycles. The number of aromatic amines is 2. The van der Waals surface area contributed by atoms with Crippen LogP contribution in [0.15, 0.2) is 30.5 Å². The maximum atomic E-state index is 5.74. The van der Waals surface area contributed by atoms with E-state index in [0.717, 1.165) is 28.0 Å². The first-order valence-electron chi connectivity index (χ1n) is 4.58. The van der Waals surface area contributed by atoms with E-state index in [-0.39, 0.29) is 0 Å². The topological polar surface area (TPSA) is 83.4 Å². The van der Waals surface area contributed by atoms with Gasteiger partial charge in [0.25, 0.3) is 0 Å². The second-order valence-electron chi connectivity index (χ2n) is 3.35. The molecule has 5 nitrogen and oxygen atoms in total. The number of rotatable bonds is 1. The van der Waals surface area contributed by atoms with Crippen molar-refractivity contribution < 1.29 is 0 Å². The van der Waals surface area contributed by atoms with Crippen molar-refractivity contribution in [3.63, 3.8) is 0 Å². The number of hydrogen-bond donors (Lipinski definition) is 3. The van der Waals surface area contributed by atoms with Crippen molar-refractivity contribution in [2.45, 2.75) is 0 Å². The fourth-order valence-corrected chi connectivity index (χ4v) is 1.62. The van der Waals surface area contributed by atoms with E-state index >= 15 is 0 Å². The molecular formula is C10H9N5. The van der Waals surface area contributed by atoms with Crippen LogP contribution < -0.4 is 5.73 Å². The molecule has 0 radical (unpaired) electrons. The van der Waals surface area contributed by atoms with Crippen molar-refractivity contribution in [2.24, 2.45) is 0 Å². The largest absolute Gasteiger partial charge is 0.399 e. The highest BCUT2D eigenvalue weighted by atomic mass is 15.2. The summed E-state index contributed by atoms with van der Waals surface area (Å²) in [7, 11) is 0. The van der Waals surface area contributed by atoms with Gasteiger partial charge in [-0.1, -0.05) is 0 Å². The van der Waals surface area contributed by atoms with Crippen molar-refractivity contribution in [3.8, 4) is 11.4 Å². The highest BCUT2D eigenvalue weighted by Gasteiger charge is 2.08. The standard InChI is InChI=1S/C10H9N5/c11-6-1-2-8-7(5-6)10(15-14-8)9-3-4-12-13-9/h1-5H,11H2,(H,12,13)(H,14,15). The summed E-state index contributed by atoms with van der Waals surface area (Å²) in [4.78, 5) is 0. The molecule has 0 unspecified atom stereocenters. The summed E-state index contributed by atoms with van der Waals surface area (Å²) in [5, 5.41) is 15.0. The molecule has 0 saturated heterocycles. The van der Waals surface area contributed by atoms with Crippen molar-refractivity contribution in [1.29, 1.82) is 0 Å². The van der Waals surface area contributed by atoms with Crippen LogP contribution in [-0.4, -0.2) is 20.4 Å². The van der Waals surface area contributed by atoms with Gasteiger partial charge in [-0.25, -0.2) is 0 Å². The lowest BCUT2D eigenvalue weighted by Crippen LogP contribution is -1.83. The number of nitrogens with one attached hydrogen (secondary N) is 2. The van der Waals surface area contributed by atoms with Gasteiger partial charge in [-0.05, 0) is 24.3 Å². The maximum Gasteiger partial charge on any atom is 0.118 e. The summed E-state index contributed by atoms with van der Waals surface area (Å²) in [6.45, 7) is 0. The summed E-state index contributed by atoms with van der Waals surface area (Å²) in [6, 6.07) is 7.53. The van der Waals surface area contributed by atoms with E-state index in [0.29, 0.717) is 0 Å². The van der Waals surface area contributed by atoms with Crippen LogP contribution in [0.3, 0.4) is 0 Å². The average molecular weight is 199 g/mol. The molecule has 0 bridgehead atoms. The van der Waals surface area contributed by atoms with Crippen molar-refractivity contribution in [3.05, 3.63) is 30.5 Å². The van der Waals surface area contributed by atoms with Gasteiger partial charge in [-0.2, -0.15) is 10.2 Å². The second-order valence-corrected chi connectivity index (χ2v) is 3.35. The number of hydrogen-bond acceptors (Lipinski definition) is 3. The van der Waals surface area contributed by atoms with Gasteiger partial charge in [-0.3, -0.25) is 10.2 Å². The third-order valence-electron chi connectivity index (χ3n) is 2.34. The van der Waals surface area contributed by atoms with Gasteiger partial charge in [0.2, 0.25) is 0 Å². The summed E-state index contributed by atoms with van der Waals surface area (Å²) < 4.78 is 0. The Labute approximate surface area is 85.3 Å².